The molecule has 1 atom stereocenters. The van der Waals surface area contributed by atoms with Gasteiger partial charge in [-0.1, -0.05) is 42.5 Å². The standard InChI is InChI=1S/C23H21N3O3/c27-21-13-19(23(28)26(21)14-16-7-2-1-3-8-16)25-12-6-9-17(15-25)22-24-18-10-4-5-11-20(18)29-22/h1-5,7-8,10-11,13,17H,6,9,12,14-15H2. The summed E-state index contributed by atoms with van der Waals surface area (Å²) in [5.74, 6) is 0.326. The number of rotatable bonds is 4. The minimum Gasteiger partial charge on any atom is -0.440 e. The molecule has 1 unspecified atom stereocenters. The van der Waals surface area contributed by atoms with Crippen LogP contribution in [-0.4, -0.2) is 39.7 Å². The van der Waals surface area contributed by atoms with Gasteiger partial charge in [0.25, 0.3) is 11.8 Å². The zero-order chi connectivity index (χ0) is 19.8. The number of piperidine rings is 1. The summed E-state index contributed by atoms with van der Waals surface area (Å²) < 4.78 is 5.95. The molecule has 1 aromatic heterocycles. The Labute approximate surface area is 168 Å². The molecule has 1 fully saturated rings. The van der Waals surface area contributed by atoms with Crippen LogP contribution in [0, 0.1) is 0 Å². The van der Waals surface area contributed by atoms with E-state index in [2.05, 4.69) is 4.98 Å². The molecule has 6 nitrogen and oxygen atoms in total. The third-order valence-corrected chi connectivity index (χ3v) is 5.60. The van der Waals surface area contributed by atoms with Gasteiger partial charge in [-0.3, -0.25) is 14.5 Å². The van der Waals surface area contributed by atoms with Crippen molar-refractivity contribution in [2.45, 2.75) is 25.3 Å². The van der Waals surface area contributed by atoms with E-state index in [0.29, 0.717) is 24.7 Å². The lowest BCUT2D eigenvalue weighted by Crippen LogP contribution is -2.39. The van der Waals surface area contributed by atoms with E-state index in [1.54, 1.807) is 0 Å². The second kappa shape index (κ2) is 7.20. The summed E-state index contributed by atoms with van der Waals surface area (Å²) in [6.07, 6.45) is 3.34. The highest BCUT2D eigenvalue weighted by molar-refractivity contribution is 6.15. The summed E-state index contributed by atoms with van der Waals surface area (Å²) in [4.78, 5) is 33.4. The van der Waals surface area contributed by atoms with Gasteiger partial charge in [-0.2, -0.15) is 0 Å². The molecule has 3 heterocycles. The quantitative estimate of drug-likeness (QED) is 0.642. The Bertz CT molecular complexity index is 1070. The molecule has 3 aromatic rings. The second-order valence-electron chi connectivity index (χ2n) is 7.55. The van der Waals surface area contributed by atoms with Gasteiger partial charge in [0.05, 0.1) is 12.5 Å². The fourth-order valence-corrected chi connectivity index (χ4v) is 4.10. The van der Waals surface area contributed by atoms with E-state index in [1.807, 2.05) is 59.5 Å². The smallest absolute Gasteiger partial charge is 0.277 e. The number of fused-ring (bicyclic) bond motifs is 1. The number of hydrogen-bond donors (Lipinski definition) is 0. The molecule has 0 aliphatic carbocycles. The number of carbonyl (C=O) groups is 2. The molecule has 0 bridgehead atoms. The Hall–Kier alpha value is -3.41. The van der Waals surface area contributed by atoms with Crippen LogP contribution >= 0.6 is 0 Å². The molecule has 0 spiro atoms. The van der Waals surface area contributed by atoms with Crippen molar-refractivity contribution < 1.29 is 14.0 Å². The summed E-state index contributed by atoms with van der Waals surface area (Å²) in [5, 5.41) is 0. The predicted molar refractivity (Wildman–Crippen MR) is 108 cm³/mol. The molecule has 2 aromatic carbocycles. The monoisotopic (exact) mass is 387 g/mol. The molecule has 5 rings (SSSR count). The van der Waals surface area contributed by atoms with Crippen molar-refractivity contribution in [3.8, 4) is 0 Å². The predicted octanol–water partition coefficient (Wildman–Crippen LogP) is 3.46. The van der Waals surface area contributed by atoms with E-state index in [9.17, 15) is 9.59 Å². The number of likely N-dealkylation sites (tertiary alicyclic amines) is 1. The van der Waals surface area contributed by atoms with E-state index in [-0.39, 0.29) is 17.7 Å². The molecular weight excluding hydrogens is 366 g/mol. The first-order valence-electron chi connectivity index (χ1n) is 9.91. The van der Waals surface area contributed by atoms with E-state index in [4.69, 9.17) is 4.42 Å². The fourth-order valence-electron chi connectivity index (χ4n) is 4.10. The highest BCUT2D eigenvalue weighted by atomic mass is 16.3. The fraction of sp³-hybridized carbons (Fsp3) is 0.261. The Balaban J connectivity index is 1.33. The molecule has 6 heteroatoms. The minimum absolute atomic E-state index is 0.100. The van der Waals surface area contributed by atoms with Gasteiger partial charge in [0.1, 0.15) is 11.2 Å². The summed E-state index contributed by atoms with van der Waals surface area (Å²) in [6.45, 7) is 1.67. The number of hydrogen-bond acceptors (Lipinski definition) is 5. The van der Waals surface area contributed by atoms with Crippen LogP contribution in [0.25, 0.3) is 11.1 Å². The zero-order valence-corrected chi connectivity index (χ0v) is 16.0. The summed E-state index contributed by atoms with van der Waals surface area (Å²) in [7, 11) is 0. The van der Waals surface area contributed by atoms with Gasteiger partial charge in [-0.25, -0.2) is 4.98 Å². The van der Waals surface area contributed by atoms with Crippen LogP contribution in [0.1, 0.15) is 30.2 Å². The van der Waals surface area contributed by atoms with Gasteiger partial charge in [0.15, 0.2) is 11.5 Å². The zero-order valence-electron chi connectivity index (χ0n) is 16.0. The van der Waals surface area contributed by atoms with Crippen molar-refractivity contribution >= 4 is 22.9 Å². The number of aromatic nitrogens is 1. The number of oxazole rings is 1. The number of amides is 2. The number of benzene rings is 2. The SMILES string of the molecule is O=C1C=C(N2CCCC(c3nc4ccccc4o3)C2)C(=O)N1Cc1ccccc1. The van der Waals surface area contributed by atoms with Crippen molar-refractivity contribution in [3.05, 3.63) is 77.8 Å². The summed E-state index contributed by atoms with van der Waals surface area (Å²) in [6, 6.07) is 17.3. The topological polar surface area (TPSA) is 66.7 Å². The van der Waals surface area contributed by atoms with Gasteiger partial charge < -0.3 is 9.32 Å². The lowest BCUT2D eigenvalue weighted by molar-refractivity contribution is -0.138. The van der Waals surface area contributed by atoms with Gasteiger partial charge in [0, 0.05) is 19.2 Å². The lowest BCUT2D eigenvalue weighted by atomic mass is 9.97. The van der Waals surface area contributed by atoms with Gasteiger partial charge in [-0.05, 0) is 30.5 Å². The van der Waals surface area contributed by atoms with E-state index in [1.165, 1.54) is 11.0 Å². The van der Waals surface area contributed by atoms with E-state index in [0.717, 1.165) is 36.0 Å². The number of imide groups is 1. The van der Waals surface area contributed by atoms with Gasteiger partial charge in [0.2, 0.25) is 0 Å². The highest BCUT2D eigenvalue weighted by Crippen LogP contribution is 2.32. The van der Waals surface area contributed by atoms with E-state index >= 15 is 0 Å². The van der Waals surface area contributed by atoms with Crippen LogP contribution in [0.15, 0.2) is 70.8 Å². The Morgan fingerprint density at radius 1 is 1.03 bits per heavy atom. The average Bonchev–Trinajstić information content (AvgIpc) is 3.31. The third kappa shape index (κ3) is 3.31. The molecule has 146 valence electrons. The van der Waals surface area contributed by atoms with Crippen molar-refractivity contribution in [2.24, 2.45) is 0 Å². The molecule has 0 saturated carbocycles. The first-order chi connectivity index (χ1) is 14.2. The normalized spacial score (nSPS) is 19.9. The molecule has 0 N–H and O–H groups in total. The number of nitrogens with zero attached hydrogens (tertiary/aromatic N) is 3. The average molecular weight is 387 g/mol. The molecular formula is C23H21N3O3. The maximum Gasteiger partial charge on any atom is 0.277 e. The summed E-state index contributed by atoms with van der Waals surface area (Å²) >= 11 is 0. The van der Waals surface area contributed by atoms with Crippen molar-refractivity contribution in [1.29, 1.82) is 0 Å². The highest BCUT2D eigenvalue weighted by Gasteiger charge is 2.36. The number of carbonyl (C=O) groups excluding carboxylic acids is 2. The largest absolute Gasteiger partial charge is 0.440 e. The molecule has 0 radical (unpaired) electrons. The van der Waals surface area contributed by atoms with Gasteiger partial charge >= 0.3 is 0 Å². The molecule has 2 aliphatic heterocycles. The second-order valence-corrected chi connectivity index (χ2v) is 7.55. The van der Waals surface area contributed by atoms with Crippen LogP contribution < -0.4 is 0 Å². The van der Waals surface area contributed by atoms with Crippen LogP contribution in [0.2, 0.25) is 0 Å². The number of para-hydroxylation sites is 2. The lowest BCUT2D eigenvalue weighted by Gasteiger charge is -2.33. The van der Waals surface area contributed by atoms with Crippen LogP contribution in [0.3, 0.4) is 0 Å². The van der Waals surface area contributed by atoms with Crippen molar-refractivity contribution in [1.82, 2.24) is 14.8 Å². The molecule has 2 amide bonds. The maximum absolute atomic E-state index is 13.0. The molecule has 1 saturated heterocycles. The minimum atomic E-state index is -0.252. The Kier molecular flexibility index (Phi) is 4.39. The summed E-state index contributed by atoms with van der Waals surface area (Å²) in [5.41, 5.74) is 3.04. The van der Waals surface area contributed by atoms with Crippen LogP contribution in [0.5, 0.6) is 0 Å². The Morgan fingerprint density at radius 2 is 1.83 bits per heavy atom. The first-order valence-corrected chi connectivity index (χ1v) is 9.91. The maximum atomic E-state index is 13.0. The van der Waals surface area contributed by atoms with Crippen LogP contribution in [-0.2, 0) is 16.1 Å². The third-order valence-electron chi connectivity index (χ3n) is 5.60. The van der Waals surface area contributed by atoms with Crippen LogP contribution in [0.4, 0.5) is 0 Å². The molecule has 2 aliphatic rings. The first kappa shape index (κ1) is 17.7. The molecule has 29 heavy (non-hydrogen) atoms. The van der Waals surface area contributed by atoms with E-state index < -0.39 is 0 Å². The van der Waals surface area contributed by atoms with Crippen molar-refractivity contribution in [3.63, 3.8) is 0 Å². The van der Waals surface area contributed by atoms with Gasteiger partial charge in [-0.15, -0.1) is 0 Å². The Morgan fingerprint density at radius 3 is 2.66 bits per heavy atom. The van der Waals surface area contributed by atoms with Crippen molar-refractivity contribution in [2.75, 3.05) is 13.1 Å².